The summed E-state index contributed by atoms with van der Waals surface area (Å²) >= 11 is 0.177. The molecule has 0 radical (unpaired) electrons. The predicted molar refractivity (Wildman–Crippen MR) is 150 cm³/mol. The maximum atomic E-state index is 14.3. The zero-order valence-corrected chi connectivity index (χ0v) is 22.7. The smallest absolute Gasteiger partial charge is 0.280 e. The molecule has 0 amide bonds. The first-order valence-electron chi connectivity index (χ1n) is 13.8. The van der Waals surface area contributed by atoms with Crippen LogP contribution in [0.4, 0.5) is 3.89 Å². The number of benzene rings is 1. The zero-order chi connectivity index (χ0) is 26.1. The molecule has 3 fully saturated rings. The molecule has 2 saturated carbocycles. The van der Waals surface area contributed by atoms with Crippen molar-refractivity contribution in [2.24, 2.45) is 7.05 Å². The Morgan fingerprint density at radius 1 is 0.974 bits per heavy atom. The van der Waals surface area contributed by atoms with Gasteiger partial charge in [0.05, 0.1) is 0 Å². The molecular weight excluding hydrogens is 499 g/mol. The summed E-state index contributed by atoms with van der Waals surface area (Å²) in [4.78, 5) is 16.1. The number of aryl methyl sites for hydroxylation is 1. The molecule has 9 heteroatoms. The Morgan fingerprint density at radius 2 is 1.74 bits per heavy atom. The molecule has 4 aromatic rings. The van der Waals surface area contributed by atoms with E-state index in [1.165, 1.54) is 49.7 Å². The molecule has 4 heterocycles. The number of pyridine rings is 1. The molecule has 0 spiro atoms. The van der Waals surface area contributed by atoms with Gasteiger partial charge in [0.15, 0.2) is 12.3 Å². The average Bonchev–Trinajstić information content (AvgIpc) is 3.52. The SMILES string of the molecule is Cn1cnnc1.O=c1c2c(cc(CN3CCCCC3)n2SF)c(C2CC2)cn1-c1cccc(C2CCC2)c1. The van der Waals surface area contributed by atoms with Gasteiger partial charge in [0.1, 0.15) is 18.2 Å². The Kier molecular flexibility index (Phi) is 7.39. The summed E-state index contributed by atoms with van der Waals surface area (Å²) in [6, 6.07) is 10.5. The number of aromatic nitrogens is 5. The quantitative estimate of drug-likeness (QED) is 0.298. The van der Waals surface area contributed by atoms with Gasteiger partial charge < -0.3 is 4.57 Å². The molecule has 1 aliphatic heterocycles. The number of hydrogen-bond acceptors (Lipinski definition) is 5. The van der Waals surface area contributed by atoms with E-state index in [9.17, 15) is 8.68 Å². The van der Waals surface area contributed by atoms with Gasteiger partial charge in [-0.2, -0.15) is 0 Å². The third-order valence-corrected chi connectivity index (χ3v) is 8.77. The van der Waals surface area contributed by atoms with E-state index >= 15 is 0 Å². The topological polar surface area (TPSA) is 60.9 Å². The van der Waals surface area contributed by atoms with Gasteiger partial charge in [0.25, 0.3) is 5.56 Å². The molecule has 1 aromatic carbocycles. The van der Waals surface area contributed by atoms with E-state index in [4.69, 9.17) is 0 Å². The number of piperidine rings is 1. The fourth-order valence-corrected chi connectivity index (χ4v) is 6.16. The van der Waals surface area contributed by atoms with Gasteiger partial charge in [-0.3, -0.25) is 18.2 Å². The van der Waals surface area contributed by atoms with Crippen LogP contribution in [0.1, 0.15) is 80.0 Å². The Bertz CT molecular complexity index is 1450. The van der Waals surface area contributed by atoms with E-state index < -0.39 is 0 Å². The molecule has 2 aliphatic carbocycles. The molecule has 0 unspecified atom stereocenters. The molecule has 0 bridgehead atoms. The van der Waals surface area contributed by atoms with Gasteiger partial charge in [0.2, 0.25) is 0 Å². The molecule has 3 aromatic heterocycles. The van der Waals surface area contributed by atoms with Crippen LogP contribution in [0.15, 0.2) is 54.0 Å². The van der Waals surface area contributed by atoms with Gasteiger partial charge in [0, 0.05) is 36.6 Å². The maximum absolute atomic E-state index is 14.3. The van der Waals surface area contributed by atoms with E-state index in [0.717, 1.165) is 42.7 Å². The summed E-state index contributed by atoms with van der Waals surface area (Å²) in [7, 11) is 1.88. The van der Waals surface area contributed by atoms with E-state index in [1.54, 1.807) is 25.8 Å². The predicted octanol–water partition coefficient (Wildman–Crippen LogP) is 6.12. The molecule has 200 valence electrons. The van der Waals surface area contributed by atoms with Crippen molar-refractivity contribution >= 4 is 23.2 Å². The average molecular weight is 535 g/mol. The van der Waals surface area contributed by atoms with Crippen molar-refractivity contribution in [3.8, 4) is 5.69 Å². The van der Waals surface area contributed by atoms with Crippen LogP contribution in [-0.2, 0) is 13.6 Å². The number of nitrogens with zero attached hydrogens (tertiary/aromatic N) is 6. The summed E-state index contributed by atoms with van der Waals surface area (Å²) in [5.41, 5.74) is 4.69. The monoisotopic (exact) mass is 534 g/mol. The van der Waals surface area contributed by atoms with Crippen molar-refractivity contribution in [3.63, 3.8) is 0 Å². The third-order valence-electron chi connectivity index (χ3n) is 8.21. The molecule has 7 nitrogen and oxygen atoms in total. The van der Waals surface area contributed by atoms with Crippen LogP contribution in [0.3, 0.4) is 0 Å². The van der Waals surface area contributed by atoms with Crippen molar-refractivity contribution in [3.05, 3.63) is 76.4 Å². The van der Waals surface area contributed by atoms with Crippen molar-refractivity contribution in [1.29, 1.82) is 0 Å². The number of hydrogen-bond donors (Lipinski definition) is 0. The molecule has 38 heavy (non-hydrogen) atoms. The summed E-state index contributed by atoms with van der Waals surface area (Å²) in [6.07, 6.45) is 15.0. The highest BCUT2D eigenvalue weighted by Crippen LogP contribution is 2.44. The second-order valence-electron chi connectivity index (χ2n) is 11.0. The van der Waals surface area contributed by atoms with E-state index in [2.05, 4.69) is 39.4 Å². The summed E-state index contributed by atoms with van der Waals surface area (Å²) < 4.78 is 19.4. The van der Waals surface area contributed by atoms with Gasteiger partial charge in [-0.05, 0) is 92.8 Å². The first kappa shape index (κ1) is 25.4. The Balaban J connectivity index is 0.000000390. The van der Waals surface area contributed by atoms with Crippen molar-refractivity contribution in [1.82, 2.24) is 28.2 Å². The number of rotatable bonds is 6. The van der Waals surface area contributed by atoms with Crippen LogP contribution < -0.4 is 5.56 Å². The van der Waals surface area contributed by atoms with Crippen LogP contribution in [-0.4, -0.2) is 41.3 Å². The van der Waals surface area contributed by atoms with Crippen LogP contribution in [0.25, 0.3) is 16.6 Å². The largest absolute Gasteiger partial charge is 0.323 e. The highest BCUT2D eigenvalue weighted by atomic mass is 32.2. The van der Waals surface area contributed by atoms with Crippen LogP contribution in [0.2, 0.25) is 0 Å². The van der Waals surface area contributed by atoms with Gasteiger partial charge in [-0.1, -0.05) is 25.0 Å². The summed E-state index contributed by atoms with van der Waals surface area (Å²) in [5.74, 6) is 1.08. The zero-order valence-electron chi connectivity index (χ0n) is 21.9. The van der Waals surface area contributed by atoms with Crippen molar-refractivity contribution in [2.45, 2.75) is 69.7 Å². The lowest BCUT2D eigenvalue weighted by Crippen LogP contribution is -2.29. The minimum Gasteiger partial charge on any atom is -0.323 e. The summed E-state index contributed by atoms with van der Waals surface area (Å²) in [6.45, 7) is 2.80. The molecular formula is C29H35FN6OS. The lowest BCUT2D eigenvalue weighted by atomic mass is 9.80. The highest BCUT2D eigenvalue weighted by Gasteiger charge is 2.30. The lowest BCUT2D eigenvalue weighted by Gasteiger charge is -2.26. The highest BCUT2D eigenvalue weighted by molar-refractivity contribution is 7.93. The molecule has 1 saturated heterocycles. The Hall–Kier alpha value is -2.91. The van der Waals surface area contributed by atoms with E-state index in [1.807, 2.05) is 19.3 Å². The first-order valence-corrected chi connectivity index (χ1v) is 14.5. The number of halogens is 1. The summed E-state index contributed by atoms with van der Waals surface area (Å²) in [5, 5.41) is 8.01. The Labute approximate surface area is 227 Å². The number of fused-ring (bicyclic) bond motifs is 1. The van der Waals surface area contributed by atoms with Crippen LogP contribution >= 0.6 is 12.3 Å². The molecule has 3 aliphatic rings. The number of likely N-dealkylation sites (tertiary alicyclic amines) is 1. The fraction of sp³-hybridized carbons (Fsp3) is 0.483. The second-order valence-corrected chi connectivity index (χ2v) is 11.5. The van der Waals surface area contributed by atoms with Gasteiger partial charge >= 0.3 is 0 Å². The minimum atomic E-state index is -0.120. The molecule has 0 N–H and O–H groups in total. The third kappa shape index (κ3) is 5.18. The van der Waals surface area contributed by atoms with Crippen molar-refractivity contribution < 1.29 is 3.89 Å². The molecule has 7 rings (SSSR count). The van der Waals surface area contributed by atoms with Crippen LogP contribution in [0.5, 0.6) is 0 Å². The van der Waals surface area contributed by atoms with Gasteiger partial charge in [-0.15, -0.1) is 14.1 Å². The van der Waals surface area contributed by atoms with Crippen LogP contribution in [0, 0.1) is 0 Å². The molecule has 0 atom stereocenters. The fourth-order valence-electron chi connectivity index (χ4n) is 5.72. The minimum absolute atomic E-state index is 0.120. The van der Waals surface area contributed by atoms with E-state index in [-0.39, 0.29) is 17.9 Å². The Morgan fingerprint density at radius 3 is 2.34 bits per heavy atom. The normalized spacial score (nSPS) is 18.3. The lowest BCUT2D eigenvalue weighted by molar-refractivity contribution is 0.218. The second kappa shape index (κ2) is 11.1. The van der Waals surface area contributed by atoms with E-state index in [0.29, 0.717) is 23.9 Å². The standard InChI is InChI=1S/C26H30FN3OS.C3H5N3/c27-32-30-22(16-28-12-2-1-3-13-28)15-23-24(19-10-11-19)17-29(26(31)25(23)30)21-9-5-8-20(14-21)18-6-4-7-18;1-6-2-4-5-3-6/h5,8-9,14-15,17-19H,1-4,6-7,10-13,16H2;2-3H,1H3. The maximum Gasteiger partial charge on any atom is 0.280 e. The first-order chi connectivity index (χ1) is 18.6. The van der Waals surface area contributed by atoms with Crippen molar-refractivity contribution in [2.75, 3.05) is 13.1 Å². The van der Waals surface area contributed by atoms with Gasteiger partial charge in [-0.25, -0.2) is 0 Å².